The molecule has 1 atom stereocenters. The van der Waals surface area contributed by atoms with Crippen molar-refractivity contribution in [3.8, 4) is 5.88 Å². The lowest BCUT2D eigenvalue weighted by Crippen LogP contribution is -2.40. The van der Waals surface area contributed by atoms with Gasteiger partial charge in [0.05, 0.1) is 17.7 Å². The van der Waals surface area contributed by atoms with Gasteiger partial charge in [-0.3, -0.25) is 4.79 Å². The minimum absolute atomic E-state index is 0.0172. The summed E-state index contributed by atoms with van der Waals surface area (Å²) < 4.78 is 7.71. The lowest BCUT2D eigenvalue weighted by molar-refractivity contribution is 0.0643. The maximum Gasteiger partial charge on any atom is 0.256 e. The molecular formula is C17H21N3O2. The molecule has 0 bridgehead atoms. The maximum absolute atomic E-state index is 12.7. The zero-order chi connectivity index (χ0) is 15.7. The topological polar surface area (TPSA) is 47.4 Å². The largest absolute Gasteiger partial charge is 0.475 e. The molecule has 1 aliphatic heterocycles. The van der Waals surface area contributed by atoms with Crippen LogP contribution in [0.15, 0.2) is 36.7 Å². The molecule has 116 valence electrons. The van der Waals surface area contributed by atoms with Gasteiger partial charge in [-0.15, -0.1) is 0 Å². The predicted molar refractivity (Wildman–Crippen MR) is 83.9 cm³/mol. The van der Waals surface area contributed by atoms with E-state index in [1.807, 2.05) is 24.8 Å². The molecule has 2 aromatic heterocycles. The van der Waals surface area contributed by atoms with Gasteiger partial charge in [0, 0.05) is 37.2 Å². The minimum atomic E-state index is 0.0172. The van der Waals surface area contributed by atoms with Gasteiger partial charge in [0.1, 0.15) is 0 Å². The first-order valence-electron chi connectivity index (χ1n) is 7.65. The number of nitrogens with zero attached hydrogens (tertiary/aromatic N) is 3. The summed E-state index contributed by atoms with van der Waals surface area (Å²) in [5.74, 6) is 0.565. The Bertz CT molecular complexity index is 661. The molecule has 0 spiro atoms. The molecule has 1 amide bonds. The van der Waals surface area contributed by atoms with Gasteiger partial charge in [-0.2, -0.15) is 0 Å². The van der Waals surface area contributed by atoms with Gasteiger partial charge in [0.15, 0.2) is 0 Å². The molecule has 0 radical (unpaired) electrons. The molecule has 0 N–H and O–H groups in total. The fraction of sp³-hybridized carbons (Fsp3) is 0.412. The summed E-state index contributed by atoms with van der Waals surface area (Å²) >= 11 is 0. The third kappa shape index (κ3) is 2.71. The highest BCUT2D eigenvalue weighted by atomic mass is 16.5. The molecule has 1 unspecified atom stereocenters. The average molecular weight is 299 g/mol. The summed E-state index contributed by atoms with van der Waals surface area (Å²) in [5.41, 5.74) is 1.77. The molecule has 22 heavy (non-hydrogen) atoms. The third-order valence-electron chi connectivity index (χ3n) is 3.94. The Labute approximate surface area is 130 Å². The van der Waals surface area contributed by atoms with Gasteiger partial charge in [-0.1, -0.05) is 0 Å². The monoisotopic (exact) mass is 299 g/mol. The van der Waals surface area contributed by atoms with Gasteiger partial charge in [0.2, 0.25) is 5.88 Å². The minimum Gasteiger partial charge on any atom is -0.475 e. The first-order chi connectivity index (χ1) is 10.6. The highest BCUT2D eigenvalue weighted by Crippen LogP contribution is 2.27. The van der Waals surface area contributed by atoms with E-state index in [0.717, 1.165) is 6.54 Å². The van der Waals surface area contributed by atoms with Crippen LogP contribution in [-0.2, 0) is 6.54 Å². The van der Waals surface area contributed by atoms with Crippen molar-refractivity contribution in [3.05, 3.63) is 47.9 Å². The summed E-state index contributed by atoms with van der Waals surface area (Å²) in [6, 6.07) is 7.71. The molecule has 0 aromatic carbocycles. The Kier molecular flexibility index (Phi) is 3.88. The lowest BCUT2D eigenvalue weighted by Gasteiger charge is -2.35. The van der Waals surface area contributed by atoms with Gasteiger partial charge in [0.25, 0.3) is 5.91 Å². The zero-order valence-corrected chi connectivity index (χ0v) is 13.2. The number of rotatable bonds is 3. The zero-order valence-electron chi connectivity index (χ0n) is 13.2. The molecule has 0 saturated carbocycles. The van der Waals surface area contributed by atoms with E-state index in [0.29, 0.717) is 18.0 Å². The number of pyridine rings is 1. The Hall–Kier alpha value is -2.30. The van der Waals surface area contributed by atoms with Crippen LogP contribution in [0.25, 0.3) is 0 Å². The van der Waals surface area contributed by atoms with E-state index in [-0.39, 0.29) is 18.1 Å². The van der Waals surface area contributed by atoms with Crippen molar-refractivity contribution < 1.29 is 9.53 Å². The molecule has 0 saturated heterocycles. The van der Waals surface area contributed by atoms with Crippen LogP contribution in [0.3, 0.4) is 0 Å². The van der Waals surface area contributed by atoms with E-state index in [1.54, 1.807) is 18.3 Å². The van der Waals surface area contributed by atoms with E-state index < -0.39 is 0 Å². The van der Waals surface area contributed by atoms with Crippen LogP contribution in [0.5, 0.6) is 5.88 Å². The van der Waals surface area contributed by atoms with E-state index in [9.17, 15) is 4.79 Å². The van der Waals surface area contributed by atoms with Crippen LogP contribution in [-0.4, -0.2) is 33.0 Å². The number of fused-ring (bicyclic) bond motifs is 1. The van der Waals surface area contributed by atoms with Crippen molar-refractivity contribution in [2.45, 2.75) is 39.5 Å². The van der Waals surface area contributed by atoms with Crippen LogP contribution in [0, 0.1) is 0 Å². The molecule has 5 nitrogen and oxygen atoms in total. The number of aromatic nitrogens is 2. The average Bonchev–Trinajstić information content (AvgIpc) is 2.96. The normalized spacial score (nSPS) is 17.5. The van der Waals surface area contributed by atoms with E-state index in [1.165, 1.54) is 5.69 Å². The Morgan fingerprint density at radius 3 is 2.82 bits per heavy atom. The molecular weight excluding hydrogens is 278 g/mol. The molecule has 5 heteroatoms. The van der Waals surface area contributed by atoms with Gasteiger partial charge in [-0.05, 0) is 39.0 Å². The SMILES string of the molecule is CC(C)Oc1ccc(C(=O)N2CCn3cccc3C2C)cn1. The highest BCUT2D eigenvalue weighted by Gasteiger charge is 2.28. The lowest BCUT2D eigenvalue weighted by atomic mass is 10.1. The Balaban J connectivity index is 1.77. The number of carbonyl (C=O) groups is 1. The quantitative estimate of drug-likeness (QED) is 0.875. The fourth-order valence-electron chi connectivity index (χ4n) is 2.84. The third-order valence-corrected chi connectivity index (χ3v) is 3.94. The molecule has 3 heterocycles. The number of carbonyl (C=O) groups excluding carboxylic acids is 1. The summed E-state index contributed by atoms with van der Waals surface area (Å²) in [6.07, 6.45) is 3.73. The standard InChI is InChI=1S/C17H21N3O2/c1-12(2)22-16-7-6-14(11-18-16)17(21)20-10-9-19-8-4-5-15(19)13(20)3/h4-8,11-13H,9-10H2,1-3H3. The summed E-state index contributed by atoms with van der Waals surface area (Å²) in [6.45, 7) is 7.51. The number of hydrogen-bond acceptors (Lipinski definition) is 3. The van der Waals surface area contributed by atoms with Crippen molar-refractivity contribution in [1.29, 1.82) is 0 Å². The predicted octanol–water partition coefficient (Wildman–Crippen LogP) is 2.89. The fourth-order valence-corrected chi connectivity index (χ4v) is 2.84. The first-order valence-corrected chi connectivity index (χ1v) is 7.65. The smallest absolute Gasteiger partial charge is 0.256 e. The maximum atomic E-state index is 12.7. The summed E-state index contributed by atoms with van der Waals surface area (Å²) in [5, 5.41) is 0. The first kappa shape index (κ1) is 14.6. The van der Waals surface area contributed by atoms with Crippen molar-refractivity contribution in [3.63, 3.8) is 0 Å². The van der Waals surface area contributed by atoms with Crippen molar-refractivity contribution in [1.82, 2.24) is 14.5 Å². The summed E-state index contributed by atoms with van der Waals surface area (Å²) in [7, 11) is 0. The molecule has 0 fully saturated rings. The number of amides is 1. The highest BCUT2D eigenvalue weighted by molar-refractivity contribution is 5.94. The molecule has 1 aliphatic rings. The summed E-state index contributed by atoms with van der Waals surface area (Å²) in [4.78, 5) is 18.8. The van der Waals surface area contributed by atoms with E-state index >= 15 is 0 Å². The van der Waals surface area contributed by atoms with Crippen LogP contribution in [0.4, 0.5) is 0 Å². The number of ether oxygens (including phenoxy) is 1. The van der Waals surface area contributed by atoms with Crippen molar-refractivity contribution >= 4 is 5.91 Å². The second-order valence-electron chi connectivity index (χ2n) is 5.85. The van der Waals surface area contributed by atoms with E-state index in [2.05, 4.69) is 28.7 Å². The van der Waals surface area contributed by atoms with Crippen LogP contribution in [0.2, 0.25) is 0 Å². The number of hydrogen-bond donors (Lipinski definition) is 0. The second-order valence-corrected chi connectivity index (χ2v) is 5.85. The second kappa shape index (κ2) is 5.83. The van der Waals surface area contributed by atoms with Gasteiger partial charge < -0.3 is 14.2 Å². The van der Waals surface area contributed by atoms with Crippen LogP contribution in [0.1, 0.15) is 42.9 Å². The van der Waals surface area contributed by atoms with Gasteiger partial charge >= 0.3 is 0 Å². The molecule has 0 aliphatic carbocycles. The van der Waals surface area contributed by atoms with E-state index in [4.69, 9.17) is 4.74 Å². The Morgan fingerprint density at radius 1 is 1.32 bits per heavy atom. The van der Waals surface area contributed by atoms with Crippen LogP contribution >= 0.6 is 0 Å². The van der Waals surface area contributed by atoms with Gasteiger partial charge in [-0.25, -0.2) is 4.98 Å². The van der Waals surface area contributed by atoms with Crippen LogP contribution < -0.4 is 4.74 Å². The Morgan fingerprint density at radius 2 is 2.14 bits per heavy atom. The van der Waals surface area contributed by atoms with Crippen molar-refractivity contribution in [2.75, 3.05) is 6.54 Å². The van der Waals surface area contributed by atoms with Crippen molar-refractivity contribution in [2.24, 2.45) is 0 Å². The molecule has 2 aromatic rings. The molecule has 3 rings (SSSR count).